The third-order valence-corrected chi connectivity index (χ3v) is 8.85. The Balaban J connectivity index is 3.80. The Labute approximate surface area is 53.6 Å². The van der Waals surface area contributed by atoms with Gasteiger partial charge in [-0.15, -0.1) is 0 Å². The summed E-state index contributed by atoms with van der Waals surface area (Å²) in [6, 6.07) is 0. The van der Waals surface area contributed by atoms with Gasteiger partial charge in [-0.1, -0.05) is 0 Å². The summed E-state index contributed by atoms with van der Waals surface area (Å²) in [4.78, 5) is 10.1. The molecule has 0 aliphatic rings. The third-order valence-electron chi connectivity index (χ3n) is 0.848. The molecule has 0 amide bonds. The van der Waals surface area contributed by atoms with Crippen LogP contribution in [0, 0.1) is 0 Å². The predicted octanol–water partition coefficient (Wildman–Crippen LogP) is -0.0131. The minimum absolute atomic E-state index is 0.128. The molecule has 0 saturated carbocycles. The first-order chi connectivity index (χ1) is 3.68. The molecular weight excluding hydrogens is 161 g/mol. The van der Waals surface area contributed by atoms with Crippen LogP contribution in [0.3, 0.4) is 0 Å². The first-order valence-electron chi connectivity index (χ1n) is 2.58. The fourth-order valence-electron chi connectivity index (χ4n) is 0.393. The summed E-state index contributed by atoms with van der Waals surface area (Å²) in [6.45, 7) is 1.74. The Morgan fingerprint density at radius 2 is 2.38 bits per heavy atom. The third kappa shape index (κ3) is 3.61. The number of carboxylic acid groups (broad SMARTS) is 1. The predicted molar refractivity (Wildman–Crippen MR) is 51.6 cm³/mol. The first kappa shape index (κ1) is 8.63. The maximum absolute atomic E-state index is 10.1. The van der Waals surface area contributed by atoms with Crippen LogP contribution in [0.5, 0.6) is 0 Å². The molecule has 0 aliphatic heterocycles. The summed E-state index contributed by atoms with van der Waals surface area (Å²) < 4.78 is 0. The van der Waals surface area contributed by atoms with Gasteiger partial charge in [0.25, 0.3) is 0 Å². The van der Waals surface area contributed by atoms with Crippen molar-refractivity contribution < 1.29 is 9.90 Å². The van der Waals surface area contributed by atoms with E-state index in [0.29, 0.717) is 0 Å². The van der Waals surface area contributed by atoms with E-state index in [4.69, 9.17) is 5.11 Å². The summed E-state index contributed by atoms with van der Waals surface area (Å²) in [5.74, 6) is -0.677. The van der Waals surface area contributed by atoms with Gasteiger partial charge in [-0.25, -0.2) is 0 Å². The summed E-state index contributed by atoms with van der Waals surface area (Å²) in [5, 5.41) is 9.06. The second-order valence-corrected chi connectivity index (χ2v) is 14.7. The Kier molecular flexibility index (Phi) is 4.86. The molecule has 0 heterocycles. The zero-order chi connectivity index (χ0) is 6.57. The molecule has 0 aliphatic carbocycles. The number of aliphatic carboxylic acids is 1. The second kappa shape index (κ2) is 4.50. The van der Waals surface area contributed by atoms with Crippen molar-refractivity contribution in [2.75, 3.05) is 0 Å². The number of carbonyl (C=O) groups is 1. The average molecular weight is 174 g/mol. The van der Waals surface area contributed by atoms with E-state index in [0.717, 1.165) is 5.29 Å². The van der Waals surface area contributed by atoms with Crippen LogP contribution in [0.25, 0.3) is 0 Å². The van der Waals surface area contributed by atoms with Gasteiger partial charge in [0.05, 0.1) is 0 Å². The molecule has 0 aromatic carbocycles. The number of rotatable bonds is 2. The molecule has 1 N–H and O–H groups in total. The first-order valence-corrected chi connectivity index (χ1v) is 12.1. The van der Waals surface area contributed by atoms with Crippen LogP contribution in [0.1, 0.15) is 6.92 Å². The average Bonchev–Trinajstić information content (AvgIpc) is 1.67. The van der Waals surface area contributed by atoms with Gasteiger partial charge in [0, 0.05) is 0 Å². The molecule has 0 fully saturated rings. The maximum atomic E-state index is 10.1. The van der Waals surface area contributed by atoms with Crippen molar-refractivity contribution in [2.45, 2.75) is 6.92 Å². The van der Waals surface area contributed by atoms with Gasteiger partial charge in [0.1, 0.15) is 0 Å². The van der Waals surface area contributed by atoms with E-state index >= 15 is 0 Å². The normalized spacial score (nSPS) is 13.1. The van der Waals surface area contributed by atoms with E-state index in [1.807, 2.05) is 0 Å². The van der Waals surface area contributed by atoms with Crippen LogP contribution in [-0.2, 0) is 4.79 Å². The van der Waals surface area contributed by atoms with Crippen molar-refractivity contribution in [3.63, 3.8) is 0 Å². The molecule has 5 heteroatoms. The molecule has 8 heavy (non-hydrogen) atoms. The molecule has 52 valence electrons. The monoisotopic (exact) mass is 174 g/mol. The van der Waals surface area contributed by atoms with Gasteiger partial charge in [-0.3, -0.25) is 0 Å². The number of hydrogen-bond donors (Lipinski definition) is 1. The Morgan fingerprint density at radius 3 is 2.50 bits per heavy atom. The van der Waals surface area contributed by atoms with Crippen molar-refractivity contribution in [1.82, 2.24) is 0 Å². The Hall–Kier alpha value is 0.630. The van der Waals surface area contributed by atoms with Gasteiger partial charge in [-0.05, 0) is 0 Å². The molecule has 0 bridgehead atoms. The molecule has 0 rings (SSSR count). The summed E-state index contributed by atoms with van der Waals surface area (Å²) in [6.07, 6.45) is 0. The van der Waals surface area contributed by atoms with E-state index in [2.05, 4.69) is 0 Å². The van der Waals surface area contributed by atoms with Gasteiger partial charge < -0.3 is 0 Å². The molecular formula is C3H13O2P3. The molecule has 1 atom stereocenters. The quantitative estimate of drug-likeness (QED) is 0.597. The Morgan fingerprint density at radius 1 is 1.88 bits per heavy atom. The molecule has 0 radical (unpaired) electrons. The molecule has 0 aromatic rings. The molecule has 0 aromatic heterocycles. The molecule has 2 nitrogen and oxygen atoms in total. The van der Waals surface area contributed by atoms with Crippen molar-refractivity contribution in [3.05, 3.63) is 0 Å². The summed E-state index contributed by atoms with van der Waals surface area (Å²) in [5.41, 5.74) is 0. The van der Waals surface area contributed by atoms with Gasteiger partial charge in [0.15, 0.2) is 0 Å². The summed E-state index contributed by atoms with van der Waals surface area (Å²) in [7, 11) is 1.65. The van der Waals surface area contributed by atoms with Gasteiger partial charge >= 0.3 is 52.9 Å². The number of carboxylic acids is 1. The van der Waals surface area contributed by atoms with Crippen LogP contribution in [0.4, 0.5) is 0 Å². The van der Waals surface area contributed by atoms with E-state index in [1.165, 1.54) is 8.93 Å². The van der Waals surface area contributed by atoms with Crippen molar-refractivity contribution in [2.24, 2.45) is 0 Å². The van der Waals surface area contributed by atoms with Crippen LogP contribution < -0.4 is 0 Å². The van der Waals surface area contributed by atoms with Crippen LogP contribution in [-0.4, -0.2) is 16.4 Å². The molecule has 0 spiro atoms. The topological polar surface area (TPSA) is 37.3 Å². The fraction of sp³-hybridized carbons (Fsp3) is 0.333. The van der Waals surface area contributed by atoms with E-state index in [-0.39, 0.29) is 15.9 Å². The fourth-order valence-corrected chi connectivity index (χ4v) is 9.05. The van der Waals surface area contributed by atoms with Gasteiger partial charge in [0.2, 0.25) is 0 Å². The van der Waals surface area contributed by atoms with E-state index in [1.54, 1.807) is 6.92 Å². The second-order valence-electron chi connectivity index (χ2n) is 1.60. The number of hydrogen-bond acceptors (Lipinski definition) is 1. The summed E-state index contributed by atoms with van der Waals surface area (Å²) >= 11 is 0. The van der Waals surface area contributed by atoms with Crippen LogP contribution in [0.15, 0.2) is 0 Å². The minimum atomic E-state index is -0.677. The zero-order valence-electron chi connectivity index (χ0n) is 5.14. The van der Waals surface area contributed by atoms with Crippen LogP contribution >= 0.6 is 24.8 Å². The van der Waals surface area contributed by atoms with Crippen molar-refractivity contribution >= 4 is 36.0 Å². The standard InChI is InChI=1S/C3H13O2P3/c1-2(3(4)5)7-8-6/h7H2,1,8H3,6H4,(H,4,5). The Bertz CT molecular complexity index is 120. The van der Waals surface area contributed by atoms with Gasteiger partial charge in [-0.2, -0.15) is 0 Å². The van der Waals surface area contributed by atoms with E-state index in [9.17, 15) is 4.79 Å². The zero-order valence-corrected chi connectivity index (χ0v) is 9.71. The van der Waals surface area contributed by atoms with E-state index < -0.39 is 5.97 Å². The van der Waals surface area contributed by atoms with Crippen molar-refractivity contribution in [1.29, 1.82) is 0 Å². The van der Waals surface area contributed by atoms with Crippen molar-refractivity contribution in [3.8, 4) is 0 Å². The van der Waals surface area contributed by atoms with Crippen LogP contribution in [0.2, 0.25) is 0 Å². The molecule has 1 unspecified atom stereocenters. The molecule has 0 saturated heterocycles. The SMILES string of the molecule is CC(=[PH2][PH3][PH4])C(=O)O.